The van der Waals surface area contributed by atoms with Crippen LogP contribution < -0.4 is 4.72 Å². The van der Waals surface area contributed by atoms with Crippen LogP contribution in [0.2, 0.25) is 0 Å². The first-order chi connectivity index (χ1) is 6.00. The van der Waals surface area contributed by atoms with Gasteiger partial charge in [-0.1, -0.05) is 6.07 Å². The lowest BCUT2D eigenvalue weighted by Crippen LogP contribution is -2.32. The van der Waals surface area contributed by atoms with Gasteiger partial charge in [0.2, 0.25) is 0 Å². The fourth-order valence-corrected chi connectivity index (χ4v) is 2.22. The minimum atomic E-state index is -0.965. The molecule has 2 nitrogen and oxygen atoms in total. The molecule has 0 aliphatic heterocycles. The summed E-state index contributed by atoms with van der Waals surface area (Å²) in [4.78, 5) is 1.22. The van der Waals surface area contributed by atoms with Crippen LogP contribution >= 0.6 is 11.3 Å². The second kappa shape index (κ2) is 4.35. The van der Waals surface area contributed by atoms with Crippen LogP contribution in [0.15, 0.2) is 17.5 Å². The molecule has 0 aromatic carbocycles. The Morgan fingerprint density at radius 1 is 1.54 bits per heavy atom. The average Bonchev–Trinajstić information content (AvgIpc) is 2.50. The van der Waals surface area contributed by atoms with Gasteiger partial charge in [0.15, 0.2) is 0 Å². The van der Waals surface area contributed by atoms with Crippen molar-refractivity contribution in [1.82, 2.24) is 4.72 Å². The van der Waals surface area contributed by atoms with Gasteiger partial charge in [-0.3, -0.25) is 0 Å². The van der Waals surface area contributed by atoms with Gasteiger partial charge in [-0.2, -0.15) is 0 Å². The molecular formula is C9H15NOS2. The number of hydrogen-bond donors (Lipinski definition) is 1. The van der Waals surface area contributed by atoms with E-state index >= 15 is 0 Å². The highest BCUT2D eigenvalue weighted by Crippen LogP contribution is 2.11. The Labute approximate surface area is 86.0 Å². The third-order valence-electron chi connectivity index (χ3n) is 1.51. The van der Waals surface area contributed by atoms with Crippen molar-refractivity contribution in [2.24, 2.45) is 0 Å². The Morgan fingerprint density at radius 3 is 2.69 bits per heavy atom. The third-order valence-corrected chi connectivity index (χ3v) is 3.91. The fraction of sp³-hybridized carbons (Fsp3) is 0.556. The number of nitrogens with one attached hydrogen (secondary N) is 1. The van der Waals surface area contributed by atoms with Gasteiger partial charge in [0.1, 0.15) is 0 Å². The molecule has 1 aromatic rings. The predicted molar refractivity (Wildman–Crippen MR) is 59.1 cm³/mol. The van der Waals surface area contributed by atoms with E-state index < -0.39 is 11.0 Å². The highest BCUT2D eigenvalue weighted by atomic mass is 32.2. The second-order valence-electron chi connectivity index (χ2n) is 3.78. The van der Waals surface area contributed by atoms with Crippen molar-refractivity contribution in [2.75, 3.05) is 0 Å². The average molecular weight is 217 g/mol. The van der Waals surface area contributed by atoms with Gasteiger partial charge >= 0.3 is 0 Å². The van der Waals surface area contributed by atoms with Gasteiger partial charge in [0.25, 0.3) is 0 Å². The summed E-state index contributed by atoms with van der Waals surface area (Å²) in [5.74, 6) is 0. The summed E-state index contributed by atoms with van der Waals surface area (Å²) in [6.45, 7) is 6.58. The van der Waals surface area contributed by atoms with Crippen molar-refractivity contribution < 1.29 is 4.21 Å². The Balaban J connectivity index is 2.40. The van der Waals surface area contributed by atoms with Crippen molar-refractivity contribution in [3.63, 3.8) is 0 Å². The predicted octanol–water partition coefficient (Wildman–Crippen LogP) is 2.30. The molecule has 74 valence electrons. The normalized spacial score (nSPS) is 14.4. The molecule has 0 saturated carbocycles. The van der Waals surface area contributed by atoms with Crippen molar-refractivity contribution >= 4 is 22.3 Å². The van der Waals surface area contributed by atoms with E-state index in [-0.39, 0.29) is 4.75 Å². The number of thiophene rings is 1. The van der Waals surface area contributed by atoms with Crippen molar-refractivity contribution in [3.05, 3.63) is 22.4 Å². The highest BCUT2D eigenvalue weighted by molar-refractivity contribution is 7.84. The summed E-state index contributed by atoms with van der Waals surface area (Å²) in [7, 11) is -0.965. The SMILES string of the molecule is CC(C)(C)[S@](=O)NCc1cccs1. The highest BCUT2D eigenvalue weighted by Gasteiger charge is 2.18. The topological polar surface area (TPSA) is 29.1 Å². The molecule has 13 heavy (non-hydrogen) atoms. The maximum atomic E-state index is 11.6. The van der Waals surface area contributed by atoms with E-state index in [1.165, 1.54) is 4.88 Å². The van der Waals surface area contributed by atoms with E-state index in [4.69, 9.17) is 0 Å². The molecule has 4 heteroatoms. The van der Waals surface area contributed by atoms with Gasteiger partial charge in [-0.15, -0.1) is 11.3 Å². The maximum absolute atomic E-state index is 11.6. The summed E-state index contributed by atoms with van der Waals surface area (Å²) in [6.07, 6.45) is 0. The van der Waals surface area contributed by atoms with E-state index in [1.807, 2.05) is 38.3 Å². The van der Waals surface area contributed by atoms with Crippen LogP contribution in [0.1, 0.15) is 25.6 Å². The van der Waals surface area contributed by atoms with E-state index in [9.17, 15) is 4.21 Å². The molecule has 0 aliphatic carbocycles. The van der Waals surface area contributed by atoms with Crippen LogP contribution in [-0.2, 0) is 17.5 Å². The second-order valence-corrected chi connectivity index (χ2v) is 6.86. The van der Waals surface area contributed by atoms with E-state index in [1.54, 1.807) is 11.3 Å². The van der Waals surface area contributed by atoms with E-state index in [0.29, 0.717) is 6.54 Å². The van der Waals surface area contributed by atoms with Crippen molar-refractivity contribution in [1.29, 1.82) is 0 Å². The monoisotopic (exact) mass is 217 g/mol. The third kappa shape index (κ3) is 3.58. The maximum Gasteiger partial charge on any atom is 0.0973 e. The van der Waals surface area contributed by atoms with E-state index in [0.717, 1.165) is 0 Å². The molecule has 1 rings (SSSR count). The lowest BCUT2D eigenvalue weighted by molar-refractivity contribution is 0.635. The molecule has 1 N–H and O–H groups in total. The molecule has 1 heterocycles. The minimum absolute atomic E-state index is 0.183. The quantitative estimate of drug-likeness (QED) is 0.827. The summed E-state index contributed by atoms with van der Waals surface area (Å²) in [6, 6.07) is 4.04. The first kappa shape index (κ1) is 10.9. The zero-order chi connectivity index (χ0) is 9.90. The Morgan fingerprint density at radius 2 is 2.23 bits per heavy atom. The van der Waals surface area contributed by atoms with Gasteiger partial charge < -0.3 is 0 Å². The lowest BCUT2D eigenvalue weighted by Gasteiger charge is -2.17. The zero-order valence-corrected chi connectivity index (χ0v) is 9.80. The Kier molecular flexibility index (Phi) is 3.64. The summed E-state index contributed by atoms with van der Waals surface area (Å²) < 4.78 is 14.4. The molecule has 1 aromatic heterocycles. The number of rotatable bonds is 3. The first-order valence-corrected chi connectivity index (χ1v) is 6.21. The Bertz CT molecular complexity index is 274. The molecule has 0 saturated heterocycles. The molecule has 0 bridgehead atoms. The van der Waals surface area contributed by atoms with Gasteiger partial charge in [0, 0.05) is 11.4 Å². The van der Waals surface area contributed by atoms with Gasteiger partial charge in [-0.05, 0) is 32.2 Å². The summed E-state index contributed by atoms with van der Waals surface area (Å²) >= 11 is 1.68. The standard InChI is InChI=1S/C9H15NOS2/c1-9(2,3)13(11)10-7-8-5-4-6-12-8/h4-6,10H,7H2,1-3H3/t13-/m0/s1. The first-order valence-electron chi connectivity index (χ1n) is 4.18. The van der Waals surface area contributed by atoms with Crippen molar-refractivity contribution in [3.8, 4) is 0 Å². The van der Waals surface area contributed by atoms with Gasteiger partial charge in [-0.25, -0.2) is 8.93 Å². The molecule has 0 radical (unpaired) electrons. The molecule has 0 amide bonds. The van der Waals surface area contributed by atoms with Crippen LogP contribution in [-0.4, -0.2) is 8.96 Å². The molecule has 0 unspecified atom stereocenters. The van der Waals surface area contributed by atoms with Crippen molar-refractivity contribution in [2.45, 2.75) is 32.1 Å². The Hall–Kier alpha value is -0.190. The molecule has 0 spiro atoms. The van der Waals surface area contributed by atoms with Crippen LogP contribution in [0.5, 0.6) is 0 Å². The minimum Gasteiger partial charge on any atom is -0.242 e. The summed E-state index contributed by atoms with van der Waals surface area (Å²) in [5, 5.41) is 2.02. The molecule has 0 aliphatic rings. The summed E-state index contributed by atoms with van der Waals surface area (Å²) in [5.41, 5.74) is 0. The van der Waals surface area contributed by atoms with Crippen LogP contribution in [0.25, 0.3) is 0 Å². The molecular weight excluding hydrogens is 202 g/mol. The smallest absolute Gasteiger partial charge is 0.0973 e. The molecule has 0 fully saturated rings. The largest absolute Gasteiger partial charge is 0.242 e. The lowest BCUT2D eigenvalue weighted by atomic mass is 10.3. The van der Waals surface area contributed by atoms with Crippen LogP contribution in [0.3, 0.4) is 0 Å². The van der Waals surface area contributed by atoms with Gasteiger partial charge in [0.05, 0.1) is 15.7 Å². The van der Waals surface area contributed by atoms with E-state index in [2.05, 4.69) is 4.72 Å². The molecule has 1 atom stereocenters. The number of hydrogen-bond acceptors (Lipinski definition) is 2. The zero-order valence-electron chi connectivity index (χ0n) is 8.16. The fourth-order valence-electron chi connectivity index (χ4n) is 0.766. The van der Waals surface area contributed by atoms with Crippen LogP contribution in [0.4, 0.5) is 0 Å². The van der Waals surface area contributed by atoms with Crippen LogP contribution in [0, 0.1) is 0 Å².